The van der Waals surface area contributed by atoms with E-state index in [2.05, 4.69) is 0 Å². The van der Waals surface area contributed by atoms with Crippen LogP contribution in [-0.2, 0) is 19.5 Å². The summed E-state index contributed by atoms with van der Waals surface area (Å²) in [5.41, 5.74) is 39.3. The van der Waals surface area contributed by atoms with Gasteiger partial charge < -0.3 is 41.3 Å². The molecular formula is C9H25IN6O3Zn-4. The Morgan fingerprint density at radius 1 is 0.800 bits per heavy atom. The molecule has 0 heterocycles. The van der Waals surface area contributed by atoms with Crippen molar-refractivity contribution in [1.29, 1.82) is 0 Å². The summed E-state index contributed by atoms with van der Waals surface area (Å²) < 4.78 is 24.5. The van der Waals surface area contributed by atoms with Gasteiger partial charge in [0.15, 0.2) is 0 Å². The van der Waals surface area contributed by atoms with Crippen molar-refractivity contribution >= 4 is 0 Å². The third-order valence-electron chi connectivity index (χ3n) is 0.919. The molecule has 0 saturated heterocycles. The average molecular weight is 458 g/mol. The van der Waals surface area contributed by atoms with Crippen LogP contribution in [0.4, 0.5) is 0 Å². The largest absolute Gasteiger partial charge is 2.00 e. The van der Waals surface area contributed by atoms with E-state index in [0.29, 0.717) is 0 Å². The Hall–Kier alpha value is 0.993. The maximum Gasteiger partial charge on any atom is 2.00 e. The van der Waals surface area contributed by atoms with Gasteiger partial charge in [0.05, 0.1) is 0 Å². The molecule has 3 unspecified atom stereocenters. The zero-order chi connectivity index (χ0) is 16.4. The molecule has 0 aromatic carbocycles. The topological polar surface area (TPSA) is 209 Å². The summed E-state index contributed by atoms with van der Waals surface area (Å²) in [5.74, 6) is 0. The first-order valence-electron chi connectivity index (χ1n) is 5.36. The minimum absolute atomic E-state index is 0. The Morgan fingerprint density at radius 2 is 0.850 bits per heavy atom. The van der Waals surface area contributed by atoms with Crippen molar-refractivity contribution in [2.45, 2.75) is 38.9 Å². The van der Waals surface area contributed by atoms with Crippen LogP contribution in [0.1, 0.15) is 20.8 Å². The maximum atomic E-state index is 8.68. The normalized spacial score (nSPS) is 13.1. The van der Waals surface area contributed by atoms with Crippen molar-refractivity contribution in [2.24, 2.45) is 0 Å². The summed E-state index contributed by atoms with van der Waals surface area (Å²) in [6, 6.07) is -0.597. The fourth-order valence-electron chi connectivity index (χ4n) is 0. The van der Waals surface area contributed by atoms with E-state index in [0.717, 1.165) is 0 Å². The van der Waals surface area contributed by atoms with E-state index in [1.165, 1.54) is 0 Å². The van der Waals surface area contributed by atoms with Crippen LogP contribution in [0.5, 0.6) is 0 Å². The van der Waals surface area contributed by atoms with Crippen molar-refractivity contribution in [3.05, 3.63) is 34.4 Å². The Morgan fingerprint density at radius 3 is 0.850 bits per heavy atom. The van der Waals surface area contributed by atoms with Gasteiger partial charge in [-0.2, -0.15) is 37.8 Å². The molecule has 0 saturated carbocycles. The standard InChI is InChI=1S/3C3H8N2.HIO3.Zn/c3*1-3(5)2-4;2-1(3)4;/h3*3-5H,2H2,1H3;2H;/q3*-2;;+2. The number of halogens is 1. The number of rotatable bonds is 3. The Labute approximate surface area is 143 Å². The summed E-state index contributed by atoms with van der Waals surface area (Å²) in [4.78, 5) is 0. The predicted octanol–water partition coefficient (Wildman–Crippen LogP) is -1.50. The van der Waals surface area contributed by atoms with Gasteiger partial charge in [0.25, 0.3) is 0 Å². The zero-order valence-corrected chi connectivity index (χ0v) is 17.3. The summed E-state index contributed by atoms with van der Waals surface area (Å²) in [6.07, 6.45) is 0. The fourth-order valence-corrected chi connectivity index (χ4v) is 0. The van der Waals surface area contributed by atoms with Gasteiger partial charge in [0, 0.05) is 0 Å². The molecule has 122 valence electrons. The quantitative estimate of drug-likeness (QED) is 0.396. The predicted molar refractivity (Wildman–Crippen MR) is 71.1 cm³/mol. The molecule has 0 rings (SSSR count). The van der Waals surface area contributed by atoms with Gasteiger partial charge in [0.2, 0.25) is 0 Å². The third-order valence-corrected chi connectivity index (χ3v) is 0.919. The maximum absolute atomic E-state index is 8.68. The summed E-state index contributed by atoms with van der Waals surface area (Å²) in [6.45, 7) is 5.77. The van der Waals surface area contributed by atoms with E-state index in [4.69, 9.17) is 44.7 Å². The van der Waals surface area contributed by atoms with Crippen molar-refractivity contribution in [1.82, 2.24) is 0 Å². The molecule has 0 aromatic heterocycles. The fraction of sp³-hybridized carbons (Fsp3) is 1.00. The van der Waals surface area contributed by atoms with Crippen LogP contribution in [0.3, 0.4) is 0 Å². The third kappa shape index (κ3) is 126. The molecule has 0 bridgehead atoms. The summed E-state index contributed by atoms with van der Waals surface area (Å²) >= 11 is -3.76. The second-order valence-corrected chi connectivity index (χ2v) is 4.66. The van der Waals surface area contributed by atoms with Crippen molar-refractivity contribution in [3.63, 3.8) is 0 Å². The van der Waals surface area contributed by atoms with Crippen LogP contribution in [-0.4, -0.2) is 41.2 Å². The molecule has 0 spiro atoms. The van der Waals surface area contributed by atoms with Gasteiger partial charge in [-0.1, -0.05) is 20.8 Å². The van der Waals surface area contributed by atoms with Crippen molar-refractivity contribution < 1.29 is 50.9 Å². The van der Waals surface area contributed by atoms with E-state index < -0.39 is 21.1 Å². The van der Waals surface area contributed by atoms with Crippen molar-refractivity contribution in [2.75, 3.05) is 19.6 Å². The van der Waals surface area contributed by atoms with Gasteiger partial charge in [0.1, 0.15) is 0 Å². The van der Waals surface area contributed by atoms with Gasteiger partial charge in [-0.15, -0.1) is 0 Å². The van der Waals surface area contributed by atoms with Crippen LogP contribution in [0.25, 0.3) is 34.4 Å². The molecule has 20 heavy (non-hydrogen) atoms. The second kappa shape index (κ2) is 28.2. The van der Waals surface area contributed by atoms with E-state index in [1.807, 2.05) is 0 Å². The molecule has 0 radical (unpaired) electrons. The van der Waals surface area contributed by atoms with E-state index >= 15 is 0 Å². The minimum Gasteiger partial charge on any atom is -0.679 e. The Bertz CT molecular complexity index is 125. The minimum atomic E-state index is -3.76. The molecule has 0 aliphatic heterocycles. The first-order valence-corrected chi connectivity index (χ1v) is 8.09. The smallest absolute Gasteiger partial charge is 0.679 e. The van der Waals surface area contributed by atoms with E-state index in [-0.39, 0.29) is 57.2 Å². The second-order valence-electron chi connectivity index (χ2n) is 3.52. The van der Waals surface area contributed by atoms with Crippen LogP contribution in [0, 0.1) is 0 Å². The molecule has 0 aromatic rings. The first-order chi connectivity index (χ1) is 8.54. The van der Waals surface area contributed by atoms with Gasteiger partial charge in [-0.3, -0.25) is 0 Å². The molecule has 3 atom stereocenters. The van der Waals surface area contributed by atoms with Crippen molar-refractivity contribution in [3.8, 4) is 0 Å². The van der Waals surface area contributed by atoms with Gasteiger partial charge >= 0.3 is 40.5 Å². The number of nitrogens with one attached hydrogen (secondary N) is 6. The first kappa shape index (κ1) is 32.8. The van der Waals surface area contributed by atoms with Crippen LogP contribution < -0.4 is 27.9 Å². The van der Waals surface area contributed by atoms with Gasteiger partial charge in [-0.25, -0.2) is 0 Å². The summed E-state index contributed by atoms with van der Waals surface area (Å²) in [5, 5.41) is 0. The SMILES string of the molecule is CC([NH-])C[NH-].CC([NH-])C[NH-].CC([NH-])C[NH-].[O-][I+2]([O-])O.[Zn+2]. The average Bonchev–Trinajstić information content (AvgIpc) is 2.29. The monoisotopic (exact) mass is 456 g/mol. The molecule has 0 amide bonds. The van der Waals surface area contributed by atoms with E-state index in [9.17, 15) is 0 Å². The van der Waals surface area contributed by atoms with E-state index in [1.54, 1.807) is 20.8 Å². The summed E-state index contributed by atoms with van der Waals surface area (Å²) in [7, 11) is 0. The molecule has 9 nitrogen and oxygen atoms in total. The Kier molecular flexibility index (Phi) is 46.3. The van der Waals surface area contributed by atoms with Crippen LogP contribution in [0.2, 0.25) is 0 Å². The molecule has 0 aliphatic rings. The molecule has 7 N–H and O–H groups in total. The Balaban J connectivity index is -0.0000000494. The number of hydrogen-bond donors (Lipinski definition) is 1. The molecule has 11 heteroatoms. The van der Waals surface area contributed by atoms with Gasteiger partial charge in [-0.05, 0) is 3.44 Å². The number of hydrogen-bond acceptors (Lipinski definition) is 3. The van der Waals surface area contributed by atoms with Crippen LogP contribution >= 0.6 is 0 Å². The molecular weight excluding hydrogens is 432 g/mol. The molecule has 0 fully saturated rings. The molecule has 0 aliphatic carbocycles. The zero-order valence-electron chi connectivity index (χ0n) is 12.2. The van der Waals surface area contributed by atoms with Crippen LogP contribution in [0.15, 0.2) is 0 Å².